The van der Waals surface area contributed by atoms with Gasteiger partial charge in [-0.25, -0.2) is 0 Å². The van der Waals surface area contributed by atoms with Gasteiger partial charge >= 0.3 is 0 Å². The molecule has 0 aromatic carbocycles. The molecule has 5 aliphatic rings. The van der Waals surface area contributed by atoms with Gasteiger partial charge in [0.1, 0.15) is 110 Å². The van der Waals surface area contributed by atoms with Crippen molar-refractivity contribution in [2.24, 2.45) is 0 Å². The summed E-state index contributed by atoms with van der Waals surface area (Å²) in [5.74, 6) is -1.34. The van der Waals surface area contributed by atoms with Gasteiger partial charge in [-0.15, -0.1) is 0 Å². The average Bonchev–Trinajstić information content (AvgIpc) is 3.21. The van der Waals surface area contributed by atoms with Crippen molar-refractivity contribution in [2.75, 3.05) is 26.4 Å². The molecule has 26 heteroatoms. The number of aliphatic hydroxyl groups is 13. The standard InChI is InChI=1S/C35H60N2O24/c1-9-17(36-11(3)42)23(48)28(16(8-41)53-9)58-34-27(52)30(22(47)15(7-40)56-34)60-32-18(37-12(4)43)29(21(46)14(6-39)55-32)59-35-31(25(50)20(45)13(5-38)57-35)61-33-26(51)24(49)19(44)10(2)54-33/h9-10,13-35,38-41,44-52H,5-8H2,1-4H3,(H,36,42)(H,37,43)/t9-,10?,13?,14?,15?,16?,17?,18?,19-,20-,21-,22-,23+,24+,25-,26?,27?,28-,29+,30-,31?,32-,33-,34-,35-/m0/s1. The Morgan fingerprint density at radius 2 is 0.869 bits per heavy atom. The minimum Gasteiger partial charge on any atom is -0.394 e. The fraction of sp³-hybridized carbons (Fsp3) is 0.943. The lowest BCUT2D eigenvalue weighted by Gasteiger charge is -2.51. The first-order valence-electron chi connectivity index (χ1n) is 19.8. The zero-order valence-corrected chi connectivity index (χ0v) is 33.6. The van der Waals surface area contributed by atoms with Gasteiger partial charge in [0.2, 0.25) is 11.8 Å². The summed E-state index contributed by atoms with van der Waals surface area (Å²) in [6.45, 7) is 1.61. The number of aliphatic hydroxyl groups excluding tert-OH is 13. The number of carbonyl (C=O) groups excluding carboxylic acids is 2. The Labute approximate surface area is 348 Å². The maximum atomic E-state index is 12.7. The van der Waals surface area contributed by atoms with Gasteiger partial charge in [0.05, 0.1) is 44.7 Å². The molecular weight excluding hydrogens is 832 g/mol. The second-order valence-electron chi connectivity index (χ2n) is 15.7. The predicted octanol–water partition coefficient (Wildman–Crippen LogP) is -9.54. The van der Waals surface area contributed by atoms with E-state index in [0.717, 1.165) is 6.92 Å². The van der Waals surface area contributed by atoms with E-state index in [-0.39, 0.29) is 0 Å². The van der Waals surface area contributed by atoms with E-state index >= 15 is 0 Å². The summed E-state index contributed by atoms with van der Waals surface area (Å²) >= 11 is 0. The average molecular weight is 893 g/mol. The molecule has 5 saturated heterocycles. The van der Waals surface area contributed by atoms with Crippen molar-refractivity contribution < 1.29 is 119 Å². The van der Waals surface area contributed by atoms with Crippen LogP contribution in [-0.4, -0.2) is 258 Å². The fourth-order valence-electron chi connectivity index (χ4n) is 8.01. The smallest absolute Gasteiger partial charge is 0.217 e. The molecule has 0 saturated carbocycles. The molecule has 0 aromatic rings. The molecule has 26 nitrogen and oxygen atoms in total. The second-order valence-corrected chi connectivity index (χ2v) is 15.7. The number of amides is 2. The summed E-state index contributed by atoms with van der Waals surface area (Å²) in [7, 11) is 0. The maximum absolute atomic E-state index is 12.7. The highest BCUT2D eigenvalue weighted by Crippen LogP contribution is 2.36. The summed E-state index contributed by atoms with van der Waals surface area (Å²) in [5, 5.41) is 144. The Kier molecular flexibility index (Phi) is 17.5. The van der Waals surface area contributed by atoms with Crippen LogP contribution in [0.15, 0.2) is 0 Å². The molecule has 5 aliphatic heterocycles. The van der Waals surface area contributed by atoms with E-state index in [0.29, 0.717) is 0 Å². The van der Waals surface area contributed by atoms with Gasteiger partial charge in [0, 0.05) is 13.8 Å². The highest BCUT2D eigenvalue weighted by Gasteiger charge is 2.57. The lowest BCUT2D eigenvalue weighted by molar-refractivity contribution is -0.388. The summed E-state index contributed by atoms with van der Waals surface area (Å²) in [6, 6.07) is -2.77. The summed E-state index contributed by atoms with van der Waals surface area (Å²) in [5.41, 5.74) is 0. The second kappa shape index (κ2) is 21.4. The van der Waals surface area contributed by atoms with Crippen molar-refractivity contribution in [1.82, 2.24) is 10.6 Å². The normalized spacial score (nSPS) is 49.6. The lowest BCUT2D eigenvalue weighted by Crippen LogP contribution is -2.70. The van der Waals surface area contributed by atoms with Gasteiger partial charge in [-0.3, -0.25) is 9.59 Å². The van der Waals surface area contributed by atoms with Crippen LogP contribution in [0.25, 0.3) is 0 Å². The number of nitrogens with one attached hydrogen (secondary N) is 2. The van der Waals surface area contributed by atoms with Crippen LogP contribution in [-0.2, 0) is 52.2 Å². The lowest BCUT2D eigenvalue weighted by atomic mass is 9.92. The highest BCUT2D eigenvalue weighted by atomic mass is 16.8. The van der Waals surface area contributed by atoms with Gasteiger partial charge in [0.25, 0.3) is 0 Å². The van der Waals surface area contributed by atoms with Crippen LogP contribution in [0.5, 0.6) is 0 Å². The third-order valence-electron chi connectivity index (χ3n) is 11.4. The Morgan fingerprint density at radius 3 is 1.44 bits per heavy atom. The molecule has 0 aliphatic carbocycles. The molecule has 10 unspecified atom stereocenters. The topological polar surface area (TPSA) is 404 Å². The molecule has 5 heterocycles. The first-order chi connectivity index (χ1) is 28.8. The molecule has 0 bridgehead atoms. The zero-order valence-electron chi connectivity index (χ0n) is 33.6. The highest BCUT2D eigenvalue weighted by molar-refractivity contribution is 5.73. The Bertz CT molecular complexity index is 1420. The van der Waals surface area contributed by atoms with E-state index in [1.807, 2.05) is 0 Å². The van der Waals surface area contributed by atoms with Crippen LogP contribution in [0.2, 0.25) is 0 Å². The van der Waals surface area contributed by atoms with Gasteiger partial charge < -0.3 is 120 Å². The van der Waals surface area contributed by atoms with Crippen LogP contribution in [0, 0.1) is 0 Å². The van der Waals surface area contributed by atoms with E-state index in [4.69, 9.17) is 42.6 Å². The molecule has 0 spiro atoms. The Balaban J connectivity index is 1.44. The van der Waals surface area contributed by atoms with Crippen LogP contribution >= 0.6 is 0 Å². The number of carbonyl (C=O) groups is 2. The maximum Gasteiger partial charge on any atom is 0.217 e. The first-order valence-corrected chi connectivity index (χ1v) is 19.8. The third kappa shape index (κ3) is 10.8. The van der Waals surface area contributed by atoms with Crippen LogP contribution in [0.1, 0.15) is 27.7 Å². The molecular formula is C35H60N2O24. The van der Waals surface area contributed by atoms with E-state index in [1.54, 1.807) is 0 Å². The fourth-order valence-corrected chi connectivity index (χ4v) is 8.01. The summed E-state index contributed by atoms with van der Waals surface area (Å²) in [4.78, 5) is 24.6. The first kappa shape index (κ1) is 50.1. The minimum absolute atomic E-state index is 0.534. The molecule has 354 valence electrons. The van der Waals surface area contributed by atoms with E-state index in [9.17, 15) is 76.0 Å². The van der Waals surface area contributed by atoms with Crippen molar-refractivity contribution in [3.05, 3.63) is 0 Å². The van der Waals surface area contributed by atoms with Crippen molar-refractivity contribution in [1.29, 1.82) is 0 Å². The van der Waals surface area contributed by atoms with Crippen molar-refractivity contribution in [3.8, 4) is 0 Å². The number of hydrogen-bond acceptors (Lipinski definition) is 24. The van der Waals surface area contributed by atoms with Crippen molar-refractivity contribution in [2.45, 2.75) is 181 Å². The molecule has 61 heavy (non-hydrogen) atoms. The zero-order chi connectivity index (χ0) is 45.2. The van der Waals surface area contributed by atoms with Gasteiger partial charge in [-0.2, -0.15) is 0 Å². The monoisotopic (exact) mass is 892 g/mol. The van der Waals surface area contributed by atoms with E-state index in [2.05, 4.69) is 10.6 Å². The van der Waals surface area contributed by atoms with Crippen LogP contribution in [0.3, 0.4) is 0 Å². The van der Waals surface area contributed by atoms with Crippen molar-refractivity contribution >= 4 is 11.8 Å². The molecule has 0 aromatic heterocycles. The summed E-state index contributed by atoms with van der Waals surface area (Å²) in [6.07, 6.45) is -39.2. The summed E-state index contributed by atoms with van der Waals surface area (Å²) < 4.78 is 52.2. The molecule has 15 N–H and O–H groups in total. The van der Waals surface area contributed by atoms with Crippen molar-refractivity contribution in [3.63, 3.8) is 0 Å². The Morgan fingerprint density at radius 1 is 0.410 bits per heavy atom. The van der Waals surface area contributed by atoms with E-state index < -0.39 is 191 Å². The van der Waals surface area contributed by atoms with Crippen LogP contribution in [0.4, 0.5) is 0 Å². The quantitative estimate of drug-likeness (QED) is 0.0770. The third-order valence-corrected chi connectivity index (χ3v) is 11.4. The largest absolute Gasteiger partial charge is 0.394 e. The molecule has 2 amide bonds. The molecule has 25 atom stereocenters. The predicted molar refractivity (Wildman–Crippen MR) is 192 cm³/mol. The van der Waals surface area contributed by atoms with Gasteiger partial charge in [-0.1, -0.05) is 0 Å². The molecule has 5 fully saturated rings. The number of ether oxygens (including phenoxy) is 9. The Hall–Kier alpha value is -1.94. The SMILES string of the molecule is CC(=O)NC1[C@H](C)OC(CO)[C@H](O[C@@H]2OC(CO)[C@H](O)[C@H](O[C@@H]3OC(CO)[C@H](O)[C@H](O[C@@H]4OC(CO)[C@H](O)[C@H](O)C4O[C@@H]4OC(C)[C@H](O)[C@@H](O)C4O)C3NC(C)=O)C2O)[C@@H]1O. The van der Waals surface area contributed by atoms with Gasteiger partial charge in [-0.05, 0) is 13.8 Å². The number of rotatable bonds is 14. The molecule has 5 rings (SSSR count). The number of hydrogen-bond donors (Lipinski definition) is 15. The van der Waals surface area contributed by atoms with E-state index in [1.165, 1.54) is 20.8 Å². The van der Waals surface area contributed by atoms with Gasteiger partial charge in [0.15, 0.2) is 25.2 Å². The minimum atomic E-state index is -2.05. The van der Waals surface area contributed by atoms with Crippen LogP contribution < -0.4 is 10.6 Å². The molecule has 0 radical (unpaired) electrons.